The second kappa shape index (κ2) is 5.52. The third-order valence-electron chi connectivity index (χ3n) is 2.92. The minimum absolute atomic E-state index is 0.602. The standard InChI is InChI=1S/C13H17ClN2O/c1-9(7-8-15)5-6-12-16-11-4-2-3-10(14)13(11)17-12/h2-4,9H,5-8,15H2,1H3. The van der Waals surface area contributed by atoms with Crippen LogP contribution in [0.2, 0.25) is 5.02 Å². The van der Waals surface area contributed by atoms with Crippen molar-refractivity contribution in [1.29, 1.82) is 0 Å². The van der Waals surface area contributed by atoms with Crippen LogP contribution in [0.1, 0.15) is 25.7 Å². The van der Waals surface area contributed by atoms with E-state index in [0.717, 1.165) is 37.2 Å². The van der Waals surface area contributed by atoms with Gasteiger partial charge in [0.2, 0.25) is 0 Å². The largest absolute Gasteiger partial charge is 0.439 e. The number of aryl methyl sites for hydroxylation is 1. The van der Waals surface area contributed by atoms with E-state index in [1.54, 1.807) is 0 Å². The summed E-state index contributed by atoms with van der Waals surface area (Å²) in [5.41, 5.74) is 7.05. The van der Waals surface area contributed by atoms with E-state index >= 15 is 0 Å². The van der Waals surface area contributed by atoms with E-state index in [1.165, 1.54) is 0 Å². The van der Waals surface area contributed by atoms with Crippen LogP contribution in [0.5, 0.6) is 0 Å². The van der Waals surface area contributed by atoms with Gasteiger partial charge in [0.05, 0.1) is 5.02 Å². The number of rotatable bonds is 5. The Bertz CT molecular complexity index is 495. The van der Waals surface area contributed by atoms with Gasteiger partial charge < -0.3 is 10.2 Å². The second-order valence-corrected chi connectivity index (χ2v) is 4.82. The van der Waals surface area contributed by atoms with Crippen molar-refractivity contribution in [3.63, 3.8) is 0 Å². The highest BCUT2D eigenvalue weighted by Gasteiger charge is 2.10. The molecule has 0 saturated carbocycles. The molecule has 1 atom stereocenters. The minimum Gasteiger partial charge on any atom is -0.439 e. The molecule has 0 radical (unpaired) electrons. The lowest BCUT2D eigenvalue weighted by Gasteiger charge is -2.06. The fourth-order valence-electron chi connectivity index (χ4n) is 1.87. The molecule has 0 bridgehead atoms. The van der Waals surface area contributed by atoms with Gasteiger partial charge in [-0.05, 0) is 37.4 Å². The van der Waals surface area contributed by atoms with Crippen LogP contribution in [-0.4, -0.2) is 11.5 Å². The molecule has 0 aliphatic heterocycles. The third-order valence-corrected chi connectivity index (χ3v) is 3.22. The van der Waals surface area contributed by atoms with Gasteiger partial charge in [0.15, 0.2) is 11.5 Å². The Hall–Kier alpha value is -1.06. The highest BCUT2D eigenvalue weighted by atomic mass is 35.5. The monoisotopic (exact) mass is 252 g/mol. The second-order valence-electron chi connectivity index (χ2n) is 4.42. The number of oxazole rings is 1. The number of nitrogens with zero attached hydrogens (tertiary/aromatic N) is 1. The Morgan fingerprint density at radius 3 is 2.94 bits per heavy atom. The topological polar surface area (TPSA) is 52.0 Å². The molecule has 4 heteroatoms. The highest BCUT2D eigenvalue weighted by Crippen LogP contribution is 2.25. The molecule has 3 nitrogen and oxygen atoms in total. The van der Waals surface area contributed by atoms with Crippen molar-refractivity contribution in [2.45, 2.75) is 26.2 Å². The Labute approximate surface area is 106 Å². The van der Waals surface area contributed by atoms with Gasteiger partial charge in [-0.3, -0.25) is 0 Å². The average molecular weight is 253 g/mol. The molecule has 1 aromatic heterocycles. The van der Waals surface area contributed by atoms with Crippen molar-refractivity contribution in [2.24, 2.45) is 11.7 Å². The summed E-state index contributed by atoms with van der Waals surface area (Å²) < 4.78 is 5.65. The first-order valence-corrected chi connectivity index (χ1v) is 6.32. The van der Waals surface area contributed by atoms with E-state index in [0.29, 0.717) is 16.5 Å². The normalized spacial score (nSPS) is 13.1. The van der Waals surface area contributed by atoms with Gasteiger partial charge >= 0.3 is 0 Å². The summed E-state index contributed by atoms with van der Waals surface area (Å²) in [5, 5.41) is 0.622. The molecule has 2 aromatic rings. The van der Waals surface area contributed by atoms with Gasteiger partial charge in [-0.15, -0.1) is 0 Å². The van der Waals surface area contributed by atoms with E-state index < -0.39 is 0 Å². The van der Waals surface area contributed by atoms with Crippen molar-refractivity contribution in [2.75, 3.05) is 6.54 Å². The lowest BCUT2D eigenvalue weighted by Crippen LogP contribution is -2.06. The zero-order valence-corrected chi connectivity index (χ0v) is 10.7. The summed E-state index contributed by atoms with van der Waals surface area (Å²) >= 11 is 6.03. The van der Waals surface area contributed by atoms with Crippen LogP contribution in [0.4, 0.5) is 0 Å². The van der Waals surface area contributed by atoms with Gasteiger partial charge in [-0.25, -0.2) is 4.98 Å². The van der Waals surface area contributed by atoms with Crippen molar-refractivity contribution in [1.82, 2.24) is 4.98 Å². The lowest BCUT2D eigenvalue weighted by molar-refractivity contribution is 0.451. The van der Waals surface area contributed by atoms with Gasteiger partial charge in [-0.2, -0.15) is 0 Å². The number of para-hydroxylation sites is 1. The van der Waals surface area contributed by atoms with Crippen molar-refractivity contribution < 1.29 is 4.42 Å². The van der Waals surface area contributed by atoms with E-state index in [1.807, 2.05) is 18.2 Å². The maximum Gasteiger partial charge on any atom is 0.195 e. The summed E-state index contributed by atoms with van der Waals surface area (Å²) in [6, 6.07) is 5.61. The third kappa shape index (κ3) is 2.99. The predicted octanol–water partition coefficient (Wildman–Crippen LogP) is 3.40. The first-order valence-electron chi connectivity index (χ1n) is 5.94. The molecule has 92 valence electrons. The number of nitrogens with two attached hydrogens (primary N) is 1. The molecule has 2 rings (SSSR count). The number of aromatic nitrogens is 1. The molecule has 0 saturated heterocycles. The number of benzene rings is 1. The SMILES string of the molecule is CC(CCN)CCc1nc2cccc(Cl)c2o1. The Kier molecular flexibility index (Phi) is 4.02. The number of fused-ring (bicyclic) bond motifs is 1. The molecular formula is C13H17ClN2O. The highest BCUT2D eigenvalue weighted by molar-refractivity contribution is 6.34. The average Bonchev–Trinajstić information content (AvgIpc) is 2.71. The van der Waals surface area contributed by atoms with Crippen LogP contribution >= 0.6 is 11.6 Å². The molecule has 0 aliphatic rings. The van der Waals surface area contributed by atoms with E-state index in [4.69, 9.17) is 21.8 Å². The molecule has 0 amide bonds. The fourth-order valence-corrected chi connectivity index (χ4v) is 2.08. The molecule has 1 aromatic carbocycles. The molecule has 0 aliphatic carbocycles. The maximum absolute atomic E-state index is 6.03. The summed E-state index contributed by atoms with van der Waals surface area (Å²) in [4.78, 5) is 4.42. The van der Waals surface area contributed by atoms with Crippen LogP contribution in [0.25, 0.3) is 11.1 Å². The number of halogens is 1. The van der Waals surface area contributed by atoms with Crippen LogP contribution in [-0.2, 0) is 6.42 Å². The molecule has 17 heavy (non-hydrogen) atoms. The Balaban J connectivity index is 2.07. The number of hydrogen-bond donors (Lipinski definition) is 1. The summed E-state index contributed by atoms with van der Waals surface area (Å²) in [5.74, 6) is 1.36. The van der Waals surface area contributed by atoms with E-state index in [9.17, 15) is 0 Å². The van der Waals surface area contributed by atoms with Gasteiger partial charge in [0.1, 0.15) is 5.52 Å². The zero-order valence-electron chi connectivity index (χ0n) is 9.95. The van der Waals surface area contributed by atoms with Gasteiger partial charge in [-0.1, -0.05) is 24.6 Å². The number of hydrogen-bond acceptors (Lipinski definition) is 3. The Morgan fingerprint density at radius 2 is 2.24 bits per heavy atom. The van der Waals surface area contributed by atoms with Crippen LogP contribution in [0, 0.1) is 5.92 Å². The van der Waals surface area contributed by atoms with Gasteiger partial charge in [0, 0.05) is 6.42 Å². The quantitative estimate of drug-likeness (QED) is 0.887. The van der Waals surface area contributed by atoms with Crippen molar-refractivity contribution >= 4 is 22.7 Å². The van der Waals surface area contributed by atoms with E-state index in [-0.39, 0.29) is 0 Å². The fraction of sp³-hybridized carbons (Fsp3) is 0.462. The van der Waals surface area contributed by atoms with E-state index in [2.05, 4.69) is 11.9 Å². The Morgan fingerprint density at radius 1 is 1.41 bits per heavy atom. The lowest BCUT2D eigenvalue weighted by atomic mass is 10.0. The van der Waals surface area contributed by atoms with Crippen molar-refractivity contribution in [3.05, 3.63) is 29.1 Å². The van der Waals surface area contributed by atoms with Crippen molar-refractivity contribution in [3.8, 4) is 0 Å². The van der Waals surface area contributed by atoms with Gasteiger partial charge in [0.25, 0.3) is 0 Å². The molecule has 1 heterocycles. The molecule has 1 unspecified atom stereocenters. The molecule has 2 N–H and O–H groups in total. The van der Waals surface area contributed by atoms with Crippen LogP contribution in [0.3, 0.4) is 0 Å². The first kappa shape index (κ1) is 12.4. The molecule has 0 spiro atoms. The van der Waals surface area contributed by atoms with Crippen LogP contribution in [0.15, 0.2) is 22.6 Å². The predicted molar refractivity (Wildman–Crippen MR) is 70.2 cm³/mol. The summed E-state index contributed by atoms with van der Waals surface area (Å²) in [6.45, 7) is 2.93. The smallest absolute Gasteiger partial charge is 0.195 e. The molecule has 0 fully saturated rings. The summed E-state index contributed by atoms with van der Waals surface area (Å²) in [6.07, 6.45) is 2.93. The minimum atomic E-state index is 0.602. The van der Waals surface area contributed by atoms with Crippen LogP contribution < -0.4 is 5.73 Å². The molecular weight excluding hydrogens is 236 g/mol. The first-order chi connectivity index (χ1) is 8.20. The maximum atomic E-state index is 6.03. The summed E-state index contributed by atoms with van der Waals surface area (Å²) in [7, 11) is 0. The zero-order chi connectivity index (χ0) is 12.3.